The summed E-state index contributed by atoms with van der Waals surface area (Å²) in [6, 6.07) is 8.23. The molecule has 0 bridgehead atoms. The van der Waals surface area contributed by atoms with E-state index in [1.807, 2.05) is 11.0 Å². The highest BCUT2D eigenvalue weighted by Crippen LogP contribution is 2.35. The summed E-state index contributed by atoms with van der Waals surface area (Å²) in [5.74, 6) is 0.690. The van der Waals surface area contributed by atoms with Gasteiger partial charge in [-0.1, -0.05) is 43.2 Å². The number of hydrogen-bond acceptors (Lipinski definition) is 4. The topological polar surface area (TPSA) is 62.7 Å². The quantitative estimate of drug-likeness (QED) is 0.778. The van der Waals surface area contributed by atoms with Gasteiger partial charge in [0.05, 0.1) is 0 Å². The third kappa shape index (κ3) is 4.18. The molecule has 2 aromatic rings. The van der Waals surface area contributed by atoms with E-state index in [9.17, 15) is 9.59 Å². The number of carbonyl (C=O) groups excluding carboxylic acids is 2. The van der Waals surface area contributed by atoms with Gasteiger partial charge in [0.15, 0.2) is 18.2 Å². The van der Waals surface area contributed by atoms with Crippen LogP contribution in [0.5, 0.6) is 5.75 Å². The average Bonchev–Trinajstić information content (AvgIpc) is 2.69. The van der Waals surface area contributed by atoms with Crippen molar-refractivity contribution in [3.8, 4) is 16.9 Å². The number of pyridine rings is 1. The lowest BCUT2D eigenvalue weighted by Crippen LogP contribution is -2.49. The van der Waals surface area contributed by atoms with Crippen molar-refractivity contribution in [2.45, 2.75) is 40.5 Å². The van der Waals surface area contributed by atoms with E-state index in [1.165, 1.54) is 16.0 Å². The van der Waals surface area contributed by atoms with Gasteiger partial charge >= 0.3 is 0 Å². The number of hydrogen-bond donors (Lipinski definition) is 0. The third-order valence-electron chi connectivity index (χ3n) is 6.06. The zero-order valence-electron chi connectivity index (χ0n) is 18.2. The largest absolute Gasteiger partial charge is 0.480 e. The molecule has 1 saturated heterocycles. The molecule has 158 valence electrons. The zero-order chi connectivity index (χ0) is 21.5. The van der Waals surface area contributed by atoms with Crippen LogP contribution >= 0.6 is 0 Å². The van der Waals surface area contributed by atoms with E-state index in [-0.39, 0.29) is 30.4 Å². The normalized spacial score (nSPS) is 18.1. The number of nitrogens with zero attached hydrogens (tertiary/aromatic N) is 3. The highest BCUT2D eigenvalue weighted by molar-refractivity contribution is 6.01. The van der Waals surface area contributed by atoms with Crippen molar-refractivity contribution < 1.29 is 14.3 Å². The molecule has 2 aliphatic rings. The van der Waals surface area contributed by atoms with Gasteiger partial charge in [0.2, 0.25) is 5.91 Å². The number of aromatic nitrogens is 1. The molecule has 2 amide bonds. The Kier molecular flexibility index (Phi) is 5.26. The lowest BCUT2D eigenvalue weighted by molar-refractivity contribution is -0.133. The Hall–Kier alpha value is -2.89. The SMILES string of the molecule is Cc1cc(C)cc(-c2cnc3c(c2)OCC(=O)N3CC(=O)N2CCC(C)(C)CC2)c1. The summed E-state index contributed by atoms with van der Waals surface area (Å²) in [5, 5.41) is 0. The van der Waals surface area contributed by atoms with Gasteiger partial charge in [0.25, 0.3) is 5.91 Å². The molecule has 0 spiro atoms. The molecule has 0 radical (unpaired) electrons. The first kappa shape index (κ1) is 20.4. The van der Waals surface area contributed by atoms with Crippen LogP contribution < -0.4 is 9.64 Å². The van der Waals surface area contributed by atoms with Crippen molar-refractivity contribution in [2.75, 3.05) is 31.1 Å². The predicted molar refractivity (Wildman–Crippen MR) is 117 cm³/mol. The van der Waals surface area contributed by atoms with Gasteiger partial charge in [0, 0.05) is 24.8 Å². The fourth-order valence-electron chi connectivity index (χ4n) is 4.14. The Labute approximate surface area is 177 Å². The van der Waals surface area contributed by atoms with Crippen molar-refractivity contribution in [3.63, 3.8) is 0 Å². The maximum atomic E-state index is 12.9. The van der Waals surface area contributed by atoms with Crippen LogP contribution in [-0.2, 0) is 9.59 Å². The average molecular weight is 408 g/mol. The first-order valence-electron chi connectivity index (χ1n) is 10.5. The molecular formula is C24H29N3O3. The van der Waals surface area contributed by atoms with E-state index in [1.54, 1.807) is 6.20 Å². The number of rotatable bonds is 3. The standard InChI is InChI=1S/C24H29N3O3/c1-16-9-17(2)11-18(10-16)19-12-20-23(25-13-19)27(22(29)15-30-20)14-21(28)26-7-5-24(3,4)6-8-26/h9-13H,5-8,14-15H2,1-4H3. The van der Waals surface area contributed by atoms with Crippen LogP contribution in [0.2, 0.25) is 0 Å². The number of carbonyl (C=O) groups is 2. The third-order valence-corrected chi connectivity index (χ3v) is 6.06. The van der Waals surface area contributed by atoms with E-state index >= 15 is 0 Å². The summed E-state index contributed by atoms with van der Waals surface area (Å²) < 4.78 is 5.66. The molecule has 0 saturated carbocycles. The summed E-state index contributed by atoms with van der Waals surface area (Å²) >= 11 is 0. The van der Waals surface area contributed by atoms with E-state index in [0.717, 1.165) is 37.1 Å². The summed E-state index contributed by atoms with van der Waals surface area (Å²) in [5.41, 5.74) is 4.61. The van der Waals surface area contributed by atoms with Gasteiger partial charge < -0.3 is 9.64 Å². The number of piperidine rings is 1. The van der Waals surface area contributed by atoms with E-state index in [0.29, 0.717) is 11.6 Å². The van der Waals surface area contributed by atoms with Crippen molar-refractivity contribution in [3.05, 3.63) is 41.6 Å². The van der Waals surface area contributed by atoms with E-state index in [2.05, 4.69) is 50.9 Å². The maximum absolute atomic E-state index is 12.9. The number of fused-ring (bicyclic) bond motifs is 1. The highest BCUT2D eigenvalue weighted by Gasteiger charge is 2.33. The number of amides is 2. The second kappa shape index (κ2) is 7.74. The highest BCUT2D eigenvalue weighted by atomic mass is 16.5. The van der Waals surface area contributed by atoms with Crippen molar-refractivity contribution in [1.29, 1.82) is 0 Å². The fraction of sp³-hybridized carbons (Fsp3) is 0.458. The zero-order valence-corrected chi connectivity index (χ0v) is 18.2. The van der Waals surface area contributed by atoms with E-state index < -0.39 is 0 Å². The number of benzene rings is 1. The van der Waals surface area contributed by atoms with Gasteiger partial charge in [0.1, 0.15) is 6.54 Å². The van der Waals surface area contributed by atoms with Gasteiger partial charge in [-0.25, -0.2) is 4.98 Å². The maximum Gasteiger partial charge on any atom is 0.266 e. The van der Waals surface area contributed by atoms with Gasteiger partial charge in [-0.3, -0.25) is 14.5 Å². The summed E-state index contributed by atoms with van der Waals surface area (Å²) in [7, 11) is 0. The molecule has 1 fully saturated rings. The first-order valence-corrected chi connectivity index (χ1v) is 10.5. The minimum atomic E-state index is -0.236. The monoisotopic (exact) mass is 407 g/mol. The van der Waals surface area contributed by atoms with Crippen LogP contribution in [0.15, 0.2) is 30.5 Å². The molecule has 3 heterocycles. The molecule has 2 aliphatic heterocycles. The van der Waals surface area contributed by atoms with E-state index in [4.69, 9.17) is 4.74 Å². The van der Waals surface area contributed by atoms with Crippen molar-refractivity contribution in [2.24, 2.45) is 5.41 Å². The van der Waals surface area contributed by atoms with Crippen LogP contribution in [0.1, 0.15) is 37.8 Å². The van der Waals surface area contributed by atoms with Crippen LogP contribution in [0, 0.1) is 19.3 Å². The van der Waals surface area contributed by atoms with Crippen LogP contribution in [0.25, 0.3) is 11.1 Å². The minimum Gasteiger partial charge on any atom is -0.480 e. The fourth-order valence-corrected chi connectivity index (χ4v) is 4.14. The smallest absolute Gasteiger partial charge is 0.266 e. The molecule has 1 aromatic heterocycles. The lowest BCUT2D eigenvalue weighted by Gasteiger charge is -2.38. The Bertz CT molecular complexity index is 969. The van der Waals surface area contributed by atoms with Crippen LogP contribution in [-0.4, -0.2) is 47.9 Å². The second-order valence-corrected chi connectivity index (χ2v) is 9.24. The second-order valence-electron chi connectivity index (χ2n) is 9.24. The van der Waals surface area contributed by atoms with Crippen molar-refractivity contribution >= 4 is 17.6 Å². The molecule has 0 aliphatic carbocycles. The summed E-state index contributed by atoms with van der Waals surface area (Å²) in [4.78, 5) is 33.2. The minimum absolute atomic E-state index is 0.00548. The summed E-state index contributed by atoms with van der Waals surface area (Å²) in [6.45, 7) is 9.98. The molecule has 30 heavy (non-hydrogen) atoms. The molecule has 6 heteroatoms. The van der Waals surface area contributed by atoms with Gasteiger partial charge in [-0.2, -0.15) is 0 Å². The first-order chi connectivity index (χ1) is 14.2. The molecule has 4 rings (SSSR count). The molecule has 1 aromatic carbocycles. The van der Waals surface area contributed by atoms with Gasteiger partial charge in [-0.15, -0.1) is 0 Å². The number of aryl methyl sites for hydroxylation is 2. The van der Waals surface area contributed by atoms with Crippen molar-refractivity contribution in [1.82, 2.24) is 9.88 Å². The van der Waals surface area contributed by atoms with Crippen LogP contribution in [0.4, 0.5) is 5.82 Å². The Balaban J connectivity index is 1.55. The number of anilines is 1. The molecule has 0 unspecified atom stereocenters. The number of ether oxygens (including phenoxy) is 1. The molecule has 0 atom stereocenters. The predicted octanol–water partition coefficient (Wildman–Crippen LogP) is 3.74. The summed E-state index contributed by atoms with van der Waals surface area (Å²) in [6.07, 6.45) is 3.70. The molecular weight excluding hydrogens is 378 g/mol. The Morgan fingerprint density at radius 3 is 2.40 bits per heavy atom. The number of likely N-dealkylation sites (tertiary alicyclic amines) is 1. The molecule has 0 N–H and O–H groups in total. The lowest BCUT2D eigenvalue weighted by atomic mass is 9.83. The Morgan fingerprint density at radius 2 is 1.73 bits per heavy atom. The molecule has 6 nitrogen and oxygen atoms in total. The van der Waals surface area contributed by atoms with Gasteiger partial charge in [-0.05, 0) is 43.7 Å². The van der Waals surface area contributed by atoms with Crippen LogP contribution in [0.3, 0.4) is 0 Å². The Morgan fingerprint density at radius 1 is 1.07 bits per heavy atom.